The molecule has 0 saturated heterocycles. The minimum absolute atomic E-state index is 0.0345. The van der Waals surface area contributed by atoms with E-state index in [2.05, 4.69) is 10.6 Å². The Hall–Kier alpha value is -2.86. The quantitative estimate of drug-likeness (QED) is 0.714. The number of likely N-dealkylation sites (N-methyl/N-ethyl adjacent to an activating group) is 1. The second kappa shape index (κ2) is 9.19. The minimum atomic E-state index is -0.158. The predicted octanol–water partition coefficient (Wildman–Crippen LogP) is 2.41. The number of amides is 2. The Morgan fingerprint density at radius 1 is 1.00 bits per heavy atom. The topological polar surface area (TPSA) is 70.7 Å². The molecule has 3 rings (SSSR count). The summed E-state index contributed by atoms with van der Waals surface area (Å²) in [6.45, 7) is 0.876. The molecule has 1 aliphatic carbocycles. The molecule has 2 aromatic carbocycles. The largest absolute Gasteiger partial charge is 0.489 e. The van der Waals surface area contributed by atoms with Crippen LogP contribution in [0.1, 0.15) is 18.4 Å². The highest BCUT2D eigenvalue weighted by Crippen LogP contribution is 2.18. The first-order valence-corrected chi connectivity index (χ1v) is 9.13. The first-order valence-electron chi connectivity index (χ1n) is 9.13. The number of nitrogens with zero attached hydrogens (tertiary/aromatic N) is 1. The average molecular weight is 367 g/mol. The summed E-state index contributed by atoms with van der Waals surface area (Å²) >= 11 is 0. The summed E-state index contributed by atoms with van der Waals surface area (Å²) in [5, 5.41) is 5.74. The maximum absolute atomic E-state index is 12.1. The van der Waals surface area contributed by atoms with Crippen molar-refractivity contribution in [1.29, 1.82) is 0 Å². The zero-order valence-corrected chi connectivity index (χ0v) is 15.5. The summed E-state index contributed by atoms with van der Waals surface area (Å²) in [4.78, 5) is 25.6. The second-order valence-corrected chi connectivity index (χ2v) is 6.86. The van der Waals surface area contributed by atoms with Gasteiger partial charge in [0.2, 0.25) is 11.8 Å². The molecule has 6 heteroatoms. The number of carbonyl (C=O) groups is 2. The maximum Gasteiger partial charge on any atom is 0.238 e. The lowest BCUT2D eigenvalue weighted by Crippen LogP contribution is -2.39. The summed E-state index contributed by atoms with van der Waals surface area (Å²) in [5.74, 6) is 0.549. The highest BCUT2D eigenvalue weighted by atomic mass is 16.5. The predicted molar refractivity (Wildman–Crippen MR) is 105 cm³/mol. The van der Waals surface area contributed by atoms with E-state index in [0.29, 0.717) is 18.3 Å². The van der Waals surface area contributed by atoms with Gasteiger partial charge in [0.15, 0.2) is 0 Å². The number of nitrogens with one attached hydrogen (secondary N) is 2. The number of rotatable bonds is 9. The van der Waals surface area contributed by atoms with Gasteiger partial charge in [-0.05, 0) is 49.7 Å². The molecule has 142 valence electrons. The molecule has 0 heterocycles. The molecule has 0 aliphatic heterocycles. The van der Waals surface area contributed by atoms with Crippen molar-refractivity contribution < 1.29 is 14.3 Å². The molecule has 1 aliphatic rings. The van der Waals surface area contributed by atoms with E-state index in [1.54, 1.807) is 24.1 Å². The first-order chi connectivity index (χ1) is 13.1. The van der Waals surface area contributed by atoms with Crippen molar-refractivity contribution in [1.82, 2.24) is 10.2 Å². The molecule has 0 unspecified atom stereocenters. The molecule has 0 aromatic heterocycles. The van der Waals surface area contributed by atoms with Gasteiger partial charge < -0.3 is 15.4 Å². The van der Waals surface area contributed by atoms with E-state index in [4.69, 9.17) is 4.74 Å². The SMILES string of the molecule is CN(CC(=O)Nc1ccc(OCc2ccccc2)cc1)CC(=O)NC1CC1. The number of ether oxygens (including phenoxy) is 1. The minimum Gasteiger partial charge on any atom is -0.489 e. The van der Waals surface area contributed by atoms with Crippen LogP contribution in [0.25, 0.3) is 0 Å². The summed E-state index contributed by atoms with van der Waals surface area (Å²) in [6, 6.07) is 17.5. The molecule has 0 radical (unpaired) electrons. The fourth-order valence-corrected chi connectivity index (χ4v) is 2.62. The van der Waals surface area contributed by atoms with E-state index in [9.17, 15) is 9.59 Å². The van der Waals surface area contributed by atoms with Crippen LogP contribution in [-0.2, 0) is 16.2 Å². The number of carbonyl (C=O) groups excluding carboxylic acids is 2. The van der Waals surface area contributed by atoms with E-state index < -0.39 is 0 Å². The molecule has 1 fully saturated rings. The van der Waals surface area contributed by atoms with Crippen LogP contribution in [0.15, 0.2) is 54.6 Å². The Labute approximate surface area is 159 Å². The lowest BCUT2D eigenvalue weighted by atomic mass is 10.2. The molecule has 6 nitrogen and oxygen atoms in total. The Bertz CT molecular complexity index is 758. The van der Waals surface area contributed by atoms with Crippen LogP contribution in [0.5, 0.6) is 5.75 Å². The summed E-state index contributed by atoms with van der Waals surface area (Å²) < 4.78 is 5.73. The lowest BCUT2D eigenvalue weighted by Gasteiger charge is -2.16. The third-order valence-corrected chi connectivity index (χ3v) is 4.16. The van der Waals surface area contributed by atoms with Gasteiger partial charge in [-0.2, -0.15) is 0 Å². The van der Waals surface area contributed by atoms with Crippen LogP contribution in [0.3, 0.4) is 0 Å². The summed E-state index contributed by atoms with van der Waals surface area (Å²) in [6.07, 6.45) is 2.11. The van der Waals surface area contributed by atoms with E-state index in [0.717, 1.165) is 24.2 Å². The highest BCUT2D eigenvalue weighted by molar-refractivity contribution is 5.92. The van der Waals surface area contributed by atoms with Gasteiger partial charge >= 0.3 is 0 Å². The number of hydrogen-bond donors (Lipinski definition) is 2. The van der Waals surface area contributed by atoms with E-state index >= 15 is 0 Å². The van der Waals surface area contributed by atoms with Gasteiger partial charge in [-0.3, -0.25) is 14.5 Å². The second-order valence-electron chi connectivity index (χ2n) is 6.86. The third kappa shape index (κ3) is 6.75. The van der Waals surface area contributed by atoms with Gasteiger partial charge in [0, 0.05) is 11.7 Å². The molecular formula is C21H25N3O3. The Morgan fingerprint density at radius 2 is 1.67 bits per heavy atom. The van der Waals surface area contributed by atoms with Crippen molar-refractivity contribution in [2.24, 2.45) is 0 Å². The fraction of sp³-hybridized carbons (Fsp3) is 0.333. The van der Waals surface area contributed by atoms with Crippen LogP contribution in [0, 0.1) is 0 Å². The van der Waals surface area contributed by atoms with Crippen molar-refractivity contribution in [3.05, 3.63) is 60.2 Å². The molecular weight excluding hydrogens is 342 g/mol. The molecule has 2 amide bonds. The molecule has 0 bridgehead atoms. The van der Waals surface area contributed by atoms with E-state index in [-0.39, 0.29) is 24.9 Å². The van der Waals surface area contributed by atoms with Crippen LogP contribution in [0.4, 0.5) is 5.69 Å². The van der Waals surface area contributed by atoms with Crippen LogP contribution in [0.2, 0.25) is 0 Å². The third-order valence-electron chi connectivity index (χ3n) is 4.16. The first kappa shape index (κ1) is 18.9. The van der Waals surface area contributed by atoms with Crippen molar-refractivity contribution in [2.75, 3.05) is 25.5 Å². The Morgan fingerprint density at radius 3 is 2.33 bits per heavy atom. The molecule has 2 aromatic rings. The van der Waals surface area contributed by atoms with Crippen LogP contribution in [-0.4, -0.2) is 42.9 Å². The van der Waals surface area contributed by atoms with E-state index in [1.165, 1.54) is 0 Å². The van der Waals surface area contributed by atoms with Gasteiger partial charge in [-0.15, -0.1) is 0 Å². The van der Waals surface area contributed by atoms with Crippen molar-refractivity contribution >= 4 is 17.5 Å². The maximum atomic E-state index is 12.1. The Kier molecular flexibility index (Phi) is 6.44. The highest BCUT2D eigenvalue weighted by Gasteiger charge is 2.23. The van der Waals surface area contributed by atoms with Gasteiger partial charge in [0.25, 0.3) is 0 Å². The Balaban J connectivity index is 1.40. The van der Waals surface area contributed by atoms with Crippen molar-refractivity contribution in [3.63, 3.8) is 0 Å². The monoisotopic (exact) mass is 367 g/mol. The molecule has 27 heavy (non-hydrogen) atoms. The zero-order valence-electron chi connectivity index (χ0n) is 15.5. The van der Waals surface area contributed by atoms with Crippen LogP contribution >= 0.6 is 0 Å². The molecule has 1 saturated carbocycles. The summed E-state index contributed by atoms with van der Waals surface area (Å²) in [7, 11) is 1.76. The smallest absolute Gasteiger partial charge is 0.238 e. The van der Waals surface area contributed by atoms with Gasteiger partial charge in [0.05, 0.1) is 13.1 Å². The molecule has 0 spiro atoms. The van der Waals surface area contributed by atoms with Crippen LogP contribution < -0.4 is 15.4 Å². The fourth-order valence-electron chi connectivity index (χ4n) is 2.62. The lowest BCUT2D eigenvalue weighted by molar-refractivity contribution is -0.123. The van der Waals surface area contributed by atoms with E-state index in [1.807, 2.05) is 42.5 Å². The normalized spacial score (nSPS) is 13.3. The van der Waals surface area contributed by atoms with Gasteiger partial charge in [0.1, 0.15) is 12.4 Å². The molecule has 2 N–H and O–H groups in total. The summed E-state index contributed by atoms with van der Waals surface area (Å²) in [5.41, 5.74) is 1.80. The number of benzene rings is 2. The number of hydrogen-bond acceptors (Lipinski definition) is 4. The van der Waals surface area contributed by atoms with Gasteiger partial charge in [-0.25, -0.2) is 0 Å². The zero-order chi connectivity index (χ0) is 19.1. The molecule has 0 atom stereocenters. The standard InChI is InChI=1S/C21H25N3O3/c1-24(13-20(25)22-17-7-8-17)14-21(26)23-18-9-11-19(12-10-18)27-15-16-5-3-2-4-6-16/h2-6,9-12,17H,7-8,13-15H2,1H3,(H,22,25)(H,23,26). The number of anilines is 1. The average Bonchev–Trinajstić information content (AvgIpc) is 3.45. The van der Waals surface area contributed by atoms with Crippen molar-refractivity contribution in [2.45, 2.75) is 25.5 Å². The van der Waals surface area contributed by atoms with Gasteiger partial charge in [-0.1, -0.05) is 30.3 Å². The van der Waals surface area contributed by atoms with Crippen molar-refractivity contribution in [3.8, 4) is 5.75 Å².